The van der Waals surface area contributed by atoms with Crippen molar-refractivity contribution in [1.29, 1.82) is 0 Å². The van der Waals surface area contributed by atoms with Crippen LogP contribution >= 0.6 is 15.9 Å². The van der Waals surface area contributed by atoms with Gasteiger partial charge in [-0.05, 0) is 23.1 Å². The van der Waals surface area contributed by atoms with Crippen molar-refractivity contribution in [2.24, 2.45) is 11.3 Å². The number of benzene rings is 1. The molecule has 0 aromatic heterocycles. The first-order chi connectivity index (χ1) is 10.9. The van der Waals surface area contributed by atoms with E-state index in [0.717, 1.165) is 41.2 Å². The number of hydrazine groups is 1. The first-order valence-electron chi connectivity index (χ1n) is 7.96. The molecule has 1 aromatic carbocycles. The van der Waals surface area contributed by atoms with Crippen LogP contribution in [-0.2, 0) is 6.54 Å². The molecule has 2 atom stereocenters. The molecular formula is C17H28BrN3O2. The maximum Gasteiger partial charge on any atom is 0.161 e. The van der Waals surface area contributed by atoms with E-state index in [4.69, 9.17) is 9.47 Å². The minimum atomic E-state index is 0.236. The summed E-state index contributed by atoms with van der Waals surface area (Å²) < 4.78 is 11.7. The van der Waals surface area contributed by atoms with E-state index in [-0.39, 0.29) is 5.41 Å². The number of halogens is 1. The Bertz CT molecular complexity index is 531. The van der Waals surface area contributed by atoms with Gasteiger partial charge in [-0.25, -0.2) is 0 Å². The lowest BCUT2D eigenvalue weighted by Gasteiger charge is -2.31. The molecule has 0 aliphatic carbocycles. The van der Waals surface area contributed by atoms with Gasteiger partial charge in [0, 0.05) is 36.1 Å². The van der Waals surface area contributed by atoms with Crippen LogP contribution in [0.2, 0.25) is 0 Å². The third kappa shape index (κ3) is 4.59. The molecule has 2 rings (SSSR count). The summed E-state index contributed by atoms with van der Waals surface area (Å²) in [4.78, 5) is 0. The minimum Gasteiger partial charge on any atom is -0.493 e. The largest absolute Gasteiger partial charge is 0.493 e. The second kappa shape index (κ2) is 7.83. The van der Waals surface area contributed by atoms with Crippen LogP contribution in [0.15, 0.2) is 16.6 Å². The summed E-state index contributed by atoms with van der Waals surface area (Å²) in [6.07, 6.45) is 0. The number of hydrogen-bond acceptors (Lipinski definition) is 5. The van der Waals surface area contributed by atoms with E-state index in [0.29, 0.717) is 12.0 Å². The summed E-state index contributed by atoms with van der Waals surface area (Å²) in [5.74, 6) is 2.05. The van der Waals surface area contributed by atoms with Crippen molar-refractivity contribution in [3.8, 4) is 11.5 Å². The van der Waals surface area contributed by atoms with Gasteiger partial charge in [0.2, 0.25) is 0 Å². The van der Waals surface area contributed by atoms with E-state index < -0.39 is 0 Å². The monoisotopic (exact) mass is 385 g/mol. The molecule has 5 nitrogen and oxygen atoms in total. The molecule has 130 valence electrons. The van der Waals surface area contributed by atoms with Crippen molar-refractivity contribution in [2.45, 2.75) is 33.4 Å². The molecular weight excluding hydrogens is 358 g/mol. The Kier molecular flexibility index (Phi) is 6.31. The fourth-order valence-corrected chi connectivity index (χ4v) is 3.54. The highest BCUT2D eigenvalue weighted by atomic mass is 79.9. The van der Waals surface area contributed by atoms with Gasteiger partial charge in [-0.2, -0.15) is 0 Å². The number of rotatable bonds is 6. The fourth-order valence-electron chi connectivity index (χ4n) is 3.07. The molecule has 0 radical (unpaired) electrons. The second-order valence-electron chi connectivity index (χ2n) is 7.06. The van der Waals surface area contributed by atoms with Crippen LogP contribution in [-0.4, -0.2) is 33.4 Å². The molecule has 1 heterocycles. The van der Waals surface area contributed by atoms with Gasteiger partial charge in [-0.1, -0.05) is 36.7 Å². The van der Waals surface area contributed by atoms with Crippen molar-refractivity contribution in [1.82, 2.24) is 16.2 Å². The first kappa shape index (κ1) is 18.5. The number of hydrogen-bond donors (Lipinski definition) is 3. The zero-order valence-electron chi connectivity index (χ0n) is 14.6. The predicted molar refractivity (Wildman–Crippen MR) is 96.8 cm³/mol. The van der Waals surface area contributed by atoms with Crippen LogP contribution in [0.1, 0.15) is 26.3 Å². The Balaban J connectivity index is 1.96. The molecule has 0 spiro atoms. The zero-order chi connectivity index (χ0) is 17.0. The van der Waals surface area contributed by atoms with Crippen LogP contribution in [0.4, 0.5) is 0 Å². The lowest BCUT2D eigenvalue weighted by atomic mass is 9.80. The number of methoxy groups -OCH3 is 2. The van der Waals surface area contributed by atoms with Crippen LogP contribution < -0.4 is 25.6 Å². The molecule has 1 aliphatic heterocycles. The minimum absolute atomic E-state index is 0.236. The van der Waals surface area contributed by atoms with Gasteiger partial charge in [-0.15, -0.1) is 0 Å². The average Bonchev–Trinajstić information content (AvgIpc) is 2.97. The molecule has 1 aliphatic rings. The van der Waals surface area contributed by atoms with E-state index in [1.807, 2.05) is 12.1 Å². The van der Waals surface area contributed by atoms with Gasteiger partial charge in [-0.3, -0.25) is 10.9 Å². The Hall–Kier alpha value is -0.820. The Morgan fingerprint density at radius 3 is 2.48 bits per heavy atom. The molecule has 1 aromatic rings. The summed E-state index contributed by atoms with van der Waals surface area (Å²) in [7, 11) is 3.31. The Morgan fingerprint density at radius 2 is 1.87 bits per heavy atom. The molecule has 0 saturated carbocycles. The number of ether oxygens (including phenoxy) is 2. The van der Waals surface area contributed by atoms with E-state index in [1.54, 1.807) is 14.2 Å². The van der Waals surface area contributed by atoms with E-state index in [2.05, 4.69) is 52.9 Å². The van der Waals surface area contributed by atoms with Crippen molar-refractivity contribution < 1.29 is 9.47 Å². The normalized spacial score (nSPS) is 21.5. The Morgan fingerprint density at radius 1 is 1.22 bits per heavy atom. The van der Waals surface area contributed by atoms with E-state index >= 15 is 0 Å². The third-order valence-electron chi connectivity index (χ3n) is 4.30. The standard InChI is InChI=1S/C17H28BrN3O2/c1-17(2,3)16-12(10-20-21-16)9-19-8-11-6-14(22-4)15(23-5)7-13(11)18/h6-7,12,16,19-21H,8-10H2,1-5H3. The molecule has 6 heteroatoms. The molecule has 0 bridgehead atoms. The fraction of sp³-hybridized carbons (Fsp3) is 0.647. The van der Waals surface area contributed by atoms with Gasteiger partial charge >= 0.3 is 0 Å². The van der Waals surface area contributed by atoms with E-state index in [1.165, 1.54) is 0 Å². The van der Waals surface area contributed by atoms with Crippen molar-refractivity contribution in [2.75, 3.05) is 27.3 Å². The molecule has 2 unspecified atom stereocenters. The van der Waals surface area contributed by atoms with Gasteiger partial charge in [0.25, 0.3) is 0 Å². The highest BCUT2D eigenvalue weighted by molar-refractivity contribution is 9.10. The van der Waals surface area contributed by atoms with E-state index in [9.17, 15) is 0 Å². The van der Waals surface area contributed by atoms with Crippen LogP contribution in [0.25, 0.3) is 0 Å². The summed E-state index contributed by atoms with van der Waals surface area (Å²) in [5.41, 5.74) is 8.09. The smallest absolute Gasteiger partial charge is 0.161 e. The summed E-state index contributed by atoms with van der Waals surface area (Å²) in [5, 5.41) is 3.57. The van der Waals surface area contributed by atoms with Gasteiger partial charge < -0.3 is 14.8 Å². The zero-order valence-corrected chi connectivity index (χ0v) is 16.2. The van der Waals surface area contributed by atoms with Gasteiger partial charge in [0.1, 0.15) is 0 Å². The summed E-state index contributed by atoms with van der Waals surface area (Å²) >= 11 is 3.61. The Labute approximate surface area is 147 Å². The van der Waals surface area contributed by atoms with Crippen molar-refractivity contribution in [3.05, 3.63) is 22.2 Å². The first-order valence-corrected chi connectivity index (χ1v) is 8.75. The van der Waals surface area contributed by atoms with Crippen LogP contribution in [0, 0.1) is 11.3 Å². The van der Waals surface area contributed by atoms with Crippen molar-refractivity contribution >= 4 is 15.9 Å². The molecule has 3 N–H and O–H groups in total. The third-order valence-corrected chi connectivity index (χ3v) is 5.04. The highest BCUT2D eigenvalue weighted by Crippen LogP contribution is 2.33. The maximum absolute atomic E-state index is 5.38. The lowest BCUT2D eigenvalue weighted by Crippen LogP contribution is -2.44. The number of nitrogens with one attached hydrogen (secondary N) is 3. The van der Waals surface area contributed by atoms with Crippen LogP contribution in [0.5, 0.6) is 11.5 Å². The van der Waals surface area contributed by atoms with Crippen LogP contribution in [0.3, 0.4) is 0 Å². The quantitative estimate of drug-likeness (QED) is 0.702. The SMILES string of the molecule is COc1cc(Br)c(CNCC2CNNC2C(C)(C)C)cc1OC. The average molecular weight is 386 g/mol. The predicted octanol–water partition coefficient (Wildman–Crippen LogP) is 2.69. The molecule has 0 amide bonds. The van der Waals surface area contributed by atoms with Gasteiger partial charge in [0.15, 0.2) is 11.5 Å². The maximum atomic E-state index is 5.38. The highest BCUT2D eigenvalue weighted by Gasteiger charge is 2.35. The summed E-state index contributed by atoms with van der Waals surface area (Å²) in [6, 6.07) is 4.43. The molecule has 23 heavy (non-hydrogen) atoms. The molecule has 1 fully saturated rings. The van der Waals surface area contributed by atoms with Crippen molar-refractivity contribution in [3.63, 3.8) is 0 Å². The van der Waals surface area contributed by atoms with Gasteiger partial charge in [0.05, 0.1) is 14.2 Å². The lowest BCUT2D eigenvalue weighted by molar-refractivity contribution is 0.235. The topological polar surface area (TPSA) is 54.5 Å². The second-order valence-corrected chi connectivity index (χ2v) is 7.91. The summed E-state index contributed by atoms with van der Waals surface area (Å²) in [6.45, 7) is 9.56. The molecule has 1 saturated heterocycles.